The maximum atomic E-state index is 11.1. The molecule has 0 aliphatic carbocycles. The van der Waals surface area contributed by atoms with Crippen molar-refractivity contribution in [2.24, 2.45) is 12.8 Å². The summed E-state index contributed by atoms with van der Waals surface area (Å²) in [6.45, 7) is 1.87. The van der Waals surface area contributed by atoms with Crippen molar-refractivity contribution in [2.75, 3.05) is 0 Å². The maximum absolute atomic E-state index is 11.1. The number of amides is 1. The molecule has 2 N–H and O–H groups in total. The zero-order valence-corrected chi connectivity index (χ0v) is 8.11. The molecule has 0 saturated heterocycles. The molecule has 0 saturated carbocycles. The molecule has 2 aromatic rings. The number of imidazole rings is 1. The molecule has 1 aromatic carbocycles. The Bertz CT molecular complexity index is 513. The summed E-state index contributed by atoms with van der Waals surface area (Å²) < 4.78 is 1.91. The van der Waals surface area contributed by atoms with Crippen LogP contribution < -0.4 is 5.73 Å². The molecule has 72 valence electrons. The van der Waals surface area contributed by atoms with Gasteiger partial charge in [-0.05, 0) is 24.6 Å². The Balaban J connectivity index is 2.79. The molecule has 0 bridgehead atoms. The number of hydrogen-bond donors (Lipinski definition) is 1. The molecule has 14 heavy (non-hydrogen) atoms. The minimum Gasteiger partial charge on any atom is -0.366 e. The molecule has 1 amide bonds. The number of benzene rings is 1. The summed E-state index contributed by atoms with van der Waals surface area (Å²) in [5.74, 6) is -0.407. The third-order valence-electron chi connectivity index (χ3n) is 2.34. The van der Waals surface area contributed by atoms with Crippen LogP contribution in [0.25, 0.3) is 11.0 Å². The van der Waals surface area contributed by atoms with Gasteiger partial charge in [0.15, 0.2) is 0 Å². The Morgan fingerprint density at radius 1 is 1.50 bits per heavy atom. The SMILES string of the molecule is Cc1cc2c(cc1C(N)=O)ncn2C. The highest BCUT2D eigenvalue weighted by Crippen LogP contribution is 2.17. The molecular weight excluding hydrogens is 178 g/mol. The Kier molecular flexibility index (Phi) is 1.77. The number of hydrogen-bond acceptors (Lipinski definition) is 2. The Labute approximate surface area is 81.3 Å². The summed E-state index contributed by atoms with van der Waals surface area (Å²) in [5.41, 5.74) is 8.47. The number of nitrogens with two attached hydrogens (primary N) is 1. The molecule has 4 nitrogen and oxygen atoms in total. The van der Waals surface area contributed by atoms with E-state index in [2.05, 4.69) is 4.98 Å². The van der Waals surface area contributed by atoms with E-state index in [1.54, 1.807) is 12.4 Å². The monoisotopic (exact) mass is 189 g/mol. The highest BCUT2D eigenvalue weighted by molar-refractivity contribution is 5.97. The van der Waals surface area contributed by atoms with Gasteiger partial charge < -0.3 is 10.3 Å². The van der Waals surface area contributed by atoms with Crippen molar-refractivity contribution in [3.63, 3.8) is 0 Å². The van der Waals surface area contributed by atoms with E-state index in [-0.39, 0.29) is 0 Å². The fourth-order valence-corrected chi connectivity index (χ4v) is 1.54. The summed E-state index contributed by atoms with van der Waals surface area (Å²) >= 11 is 0. The van der Waals surface area contributed by atoms with Crippen molar-refractivity contribution in [1.82, 2.24) is 9.55 Å². The normalized spacial score (nSPS) is 10.7. The minimum absolute atomic E-state index is 0.407. The van der Waals surface area contributed by atoms with Crippen LogP contribution in [0.5, 0.6) is 0 Å². The van der Waals surface area contributed by atoms with Crippen LogP contribution in [0.1, 0.15) is 15.9 Å². The van der Waals surface area contributed by atoms with Gasteiger partial charge in [-0.3, -0.25) is 4.79 Å². The first kappa shape index (κ1) is 8.74. The molecule has 0 aliphatic heterocycles. The molecule has 0 unspecified atom stereocenters. The highest BCUT2D eigenvalue weighted by Gasteiger charge is 2.08. The van der Waals surface area contributed by atoms with Crippen molar-refractivity contribution in [3.8, 4) is 0 Å². The van der Waals surface area contributed by atoms with Crippen LogP contribution in [0.15, 0.2) is 18.5 Å². The van der Waals surface area contributed by atoms with E-state index in [1.807, 2.05) is 24.6 Å². The van der Waals surface area contributed by atoms with Crippen LogP contribution in [0.3, 0.4) is 0 Å². The van der Waals surface area contributed by atoms with Gasteiger partial charge in [-0.25, -0.2) is 4.98 Å². The molecule has 0 fully saturated rings. The van der Waals surface area contributed by atoms with Gasteiger partial charge in [-0.2, -0.15) is 0 Å². The number of carbonyl (C=O) groups is 1. The number of fused-ring (bicyclic) bond motifs is 1. The molecule has 2 rings (SSSR count). The van der Waals surface area contributed by atoms with Gasteiger partial charge in [0.1, 0.15) is 0 Å². The van der Waals surface area contributed by atoms with Gasteiger partial charge in [0, 0.05) is 12.6 Å². The third-order valence-corrected chi connectivity index (χ3v) is 2.34. The van der Waals surface area contributed by atoms with E-state index < -0.39 is 5.91 Å². The predicted octanol–water partition coefficient (Wildman–Crippen LogP) is 0.981. The van der Waals surface area contributed by atoms with Crippen molar-refractivity contribution < 1.29 is 4.79 Å². The minimum atomic E-state index is -0.407. The summed E-state index contributed by atoms with van der Waals surface area (Å²) in [5, 5.41) is 0. The van der Waals surface area contributed by atoms with Crippen molar-refractivity contribution >= 4 is 16.9 Å². The Morgan fingerprint density at radius 3 is 2.86 bits per heavy atom. The lowest BCUT2D eigenvalue weighted by atomic mass is 10.1. The fourth-order valence-electron chi connectivity index (χ4n) is 1.54. The van der Waals surface area contributed by atoms with Crippen molar-refractivity contribution in [1.29, 1.82) is 0 Å². The summed E-state index contributed by atoms with van der Waals surface area (Å²) in [6.07, 6.45) is 1.72. The molecule has 0 spiro atoms. The van der Waals surface area contributed by atoms with Crippen LogP contribution in [0, 0.1) is 6.92 Å². The topological polar surface area (TPSA) is 60.9 Å². The molecular formula is C10H11N3O. The van der Waals surface area contributed by atoms with Crippen LogP contribution in [-0.4, -0.2) is 15.5 Å². The van der Waals surface area contributed by atoms with Gasteiger partial charge >= 0.3 is 0 Å². The number of aromatic nitrogens is 2. The van der Waals surface area contributed by atoms with Gasteiger partial charge in [-0.15, -0.1) is 0 Å². The second kappa shape index (κ2) is 2.83. The number of primary amides is 1. The Hall–Kier alpha value is -1.84. The second-order valence-corrected chi connectivity index (χ2v) is 3.38. The maximum Gasteiger partial charge on any atom is 0.249 e. The van der Waals surface area contributed by atoms with E-state index in [0.29, 0.717) is 5.56 Å². The molecule has 4 heteroatoms. The lowest BCUT2D eigenvalue weighted by Crippen LogP contribution is -2.12. The zero-order chi connectivity index (χ0) is 10.3. The molecule has 1 aromatic heterocycles. The zero-order valence-electron chi connectivity index (χ0n) is 8.11. The van der Waals surface area contributed by atoms with E-state index in [9.17, 15) is 4.79 Å². The van der Waals surface area contributed by atoms with Gasteiger partial charge in [0.25, 0.3) is 0 Å². The van der Waals surface area contributed by atoms with Crippen molar-refractivity contribution in [3.05, 3.63) is 29.6 Å². The van der Waals surface area contributed by atoms with E-state index >= 15 is 0 Å². The van der Waals surface area contributed by atoms with E-state index in [1.165, 1.54) is 0 Å². The average molecular weight is 189 g/mol. The average Bonchev–Trinajstić information content (AvgIpc) is 2.46. The molecule has 0 radical (unpaired) electrons. The lowest BCUT2D eigenvalue weighted by molar-refractivity contribution is 0.1000. The lowest BCUT2D eigenvalue weighted by Gasteiger charge is -2.02. The van der Waals surface area contributed by atoms with Gasteiger partial charge in [0.05, 0.1) is 17.4 Å². The standard InChI is InChI=1S/C10H11N3O/c1-6-3-9-8(12-5-13(9)2)4-7(6)10(11)14/h3-5H,1-2H3,(H2,11,14). The van der Waals surface area contributed by atoms with Crippen molar-refractivity contribution in [2.45, 2.75) is 6.92 Å². The second-order valence-electron chi connectivity index (χ2n) is 3.38. The third kappa shape index (κ3) is 1.16. The number of aryl methyl sites for hydroxylation is 2. The van der Waals surface area contributed by atoms with Crippen LogP contribution in [-0.2, 0) is 7.05 Å². The molecule has 0 atom stereocenters. The van der Waals surface area contributed by atoms with Crippen LogP contribution in [0.2, 0.25) is 0 Å². The van der Waals surface area contributed by atoms with E-state index in [4.69, 9.17) is 5.73 Å². The summed E-state index contributed by atoms with van der Waals surface area (Å²) in [4.78, 5) is 15.2. The highest BCUT2D eigenvalue weighted by atomic mass is 16.1. The quantitative estimate of drug-likeness (QED) is 0.726. The van der Waals surface area contributed by atoms with Crippen LogP contribution in [0.4, 0.5) is 0 Å². The first-order valence-corrected chi connectivity index (χ1v) is 4.31. The smallest absolute Gasteiger partial charge is 0.249 e. The predicted molar refractivity (Wildman–Crippen MR) is 54.0 cm³/mol. The molecule has 0 aliphatic rings. The largest absolute Gasteiger partial charge is 0.366 e. The summed E-state index contributed by atoms with van der Waals surface area (Å²) in [7, 11) is 1.92. The van der Waals surface area contributed by atoms with Gasteiger partial charge in [-0.1, -0.05) is 0 Å². The molecule has 1 heterocycles. The first-order chi connectivity index (χ1) is 6.59. The van der Waals surface area contributed by atoms with E-state index in [0.717, 1.165) is 16.6 Å². The number of nitrogens with zero attached hydrogens (tertiary/aromatic N) is 2. The number of rotatable bonds is 1. The number of carbonyl (C=O) groups excluding carboxylic acids is 1. The fraction of sp³-hybridized carbons (Fsp3) is 0.200. The Morgan fingerprint density at radius 2 is 2.21 bits per heavy atom. The summed E-state index contributed by atoms with van der Waals surface area (Å²) in [6, 6.07) is 3.65. The first-order valence-electron chi connectivity index (χ1n) is 4.31. The van der Waals surface area contributed by atoms with Gasteiger partial charge in [0.2, 0.25) is 5.91 Å². The van der Waals surface area contributed by atoms with Crippen LogP contribution >= 0.6 is 0 Å².